The molecule has 0 aliphatic carbocycles. The van der Waals surface area contributed by atoms with Crippen molar-refractivity contribution in [3.63, 3.8) is 0 Å². The van der Waals surface area contributed by atoms with E-state index in [2.05, 4.69) is 39.8 Å². The maximum Gasteiger partial charge on any atom is 0.313 e. The van der Waals surface area contributed by atoms with Crippen LogP contribution in [0.5, 0.6) is 0 Å². The van der Waals surface area contributed by atoms with Crippen LogP contribution in [0.1, 0.15) is 18.4 Å². The highest BCUT2D eigenvalue weighted by molar-refractivity contribution is 6.39. The van der Waals surface area contributed by atoms with E-state index in [4.69, 9.17) is 0 Å². The molecule has 30 heavy (non-hydrogen) atoms. The van der Waals surface area contributed by atoms with E-state index in [0.29, 0.717) is 12.5 Å². The van der Waals surface area contributed by atoms with E-state index in [1.165, 1.54) is 29.8 Å². The Hall–Kier alpha value is -3.26. The number of piperidine rings is 1. The Balaban J connectivity index is 1.36. The van der Waals surface area contributed by atoms with Crippen LogP contribution in [0.2, 0.25) is 0 Å². The summed E-state index contributed by atoms with van der Waals surface area (Å²) in [6.45, 7) is 3.43. The summed E-state index contributed by atoms with van der Waals surface area (Å²) < 4.78 is 0. The number of likely N-dealkylation sites (tertiary alicyclic amines) is 1. The molecule has 2 N–H and O–H groups in total. The number of nitrogens with zero attached hydrogens (tertiary/aromatic N) is 2. The van der Waals surface area contributed by atoms with Crippen LogP contribution in [0.3, 0.4) is 0 Å². The number of amides is 2. The number of benzene rings is 2. The largest absolute Gasteiger partial charge is 0.348 e. The summed E-state index contributed by atoms with van der Waals surface area (Å²) in [5.74, 6) is -1.21. The number of carbonyl (C=O) groups excluding carboxylic acids is 2. The molecule has 1 fully saturated rings. The van der Waals surface area contributed by atoms with Gasteiger partial charge in [0.2, 0.25) is 0 Å². The van der Waals surface area contributed by atoms with Gasteiger partial charge in [-0.05, 0) is 49.9 Å². The zero-order valence-corrected chi connectivity index (χ0v) is 16.8. The van der Waals surface area contributed by atoms with Crippen molar-refractivity contribution in [2.24, 2.45) is 5.92 Å². The third-order valence-electron chi connectivity index (χ3n) is 5.34. The van der Waals surface area contributed by atoms with Gasteiger partial charge in [0.05, 0.1) is 4.92 Å². The van der Waals surface area contributed by atoms with E-state index in [0.717, 1.165) is 38.9 Å². The quantitative estimate of drug-likeness (QED) is 0.415. The molecule has 2 aromatic carbocycles. The van der Waals surface area contributed by atoms with Crippen LogP contribution < -0.4 is 10.6 Å². The molecule has 1 aliphatic heterocycles. The molecular weight excluding hydrogens is 384 g/mol. The summed E-state index contributed by atoms with van der Waals surface area (Å²) in [5, 5.41) is 15.9. The van der Waals surface area contributed by atoms with Gasteiger partial charge in [0.25, 0.3) is 5.69 Å². The molecule has 0 bridgehead atoms. The van der Waals surface area contributed by atoms with Crippen molar-refractivity contribution in [1.29, 1.82) is 0 Å². The fourth-order valence-electron chi connectivity index (χ4n) is 3.55. The molecule has 0 unspecified atom stereocenters. The molecule has 1 heterocycles. The Morgan fingerprint density at radius 3 is 2.47 bits per heavy atom. The van der Waals surface area contributed by atoms with E-state index in [-0.39, 0.29) is 11.4 Å². The lowest BCUT2D eigenvalue weighted by atomic mass is 9.96. The lowest BCUT2D eigenvalue weighted by Crippen LogP contribution is -2.42. The van der Waals surface area contributed by atoms with Crippen molar-refractivity contribution < 1.29 is 14.5 Å². The number of anilines is 1. The lowest BCUT2D eigenvalue weighted by Gasteiger charge is -2.32. The summed E-state index contributed by atoms with van der Waals surface area (Å²) in [4.78, 5) is 36.8. The van der Waals surface area contributed by atoms with Gasteiger partial charge in [-0.3, -0.25) is 19.7 Å². The second-order valence-corrected chi connectivity index (χ2v) is 7.49. The average Bonchev–Trinajstić information content (AvgIpc) is 2.77. The Labute approximate surface area is 175 Å². The minimum Gasteiger partial charge on any atom is -0.348 e. The Kier molecular flexibility index (Phi) is 7.51. The molecule has 8 nitrogen and oxygen atoms in total. The maximum absolute atomic E-state index is 12.1. The smallest absolute Gasteiger partial charge is 0.313 e. The van der Waals surface area contributed by atoms with Crippen LogP contribution in [-0.4, -0.2) is 47.8 Å². The molecule has 3 rings (SSSR count). The zero-order valence-electron chi connectivity index (χ0n) is 16.8. The molecule has 0 saturated carbocycles. The zero-order chi connectivity index (χ0) is 21.3. The third kappa shape index (κ3) is 6.38. The highest BCUT2D eigenvalue weighted by atomic mass is 16.6. The average molecular weight is 410 g/mol. The van der Waals surface area contributed by atoms with E-state index in [9.17, 15) is 19.7 Å². The van der Waals surface area contributed by atoms with Gasteiger partial charge in [-0.1, -0.05) is 36.4 Å². The number of hydrogen-bond donors (Lipinski definition) is 2. The first-order valence-corrected chi connectivity index (χ1v) is 10.1. The van der Waals surface area contributed by atoms with Gasteiger partial charge in [-0.15, -0.1) is 0 Å². The Bertz CT molecular complexity index is 880. The second-order valence-electron chi connectivity index (χ2n) is 7.49. The minimum atomic E-state index is -0.823. The van der Waals surface area contributed by atoms with Crippen molar-refractivity contribution >= 4 is 23.2 Å². The fraction of sp³-hybridized carbons (Fsp3) is 0.364. The maximum atomic E-state index is 12.1. The Morgan fingerprint density at radius 2 is 1.77 bits per heavy atom. The van der Waals surface area contributed by atoms with Gasteiger partial charge < -0.3 is 15.5 Å². The van der Waals surface area contributed by atoms with Crippen LogP contribution in [0.25, 0.3) is 0 Å². The highest BCUT2D eigenvalue weighted by Gasteiger charge is 2.21. The summed E-state index contributed by atoms with van der Waals surface area (Å²) in [6, 6.07) is 15.9. The van der Waals surface area contributed by atoms with E-state index in [1.54, 1.807) is 0 Å². The van der Waals surface area contributed by atoms with Gasteiger partial charge in [-0.2, -0.15) is 0 Å². The van der Waals surface area contributed by atoms with E-state index in [1.807, 2.05) is 6.07 Å². The number of nitro groups is 1. The van der Waals surface area contributed by atoms with Crippen molar-refractivity contribution in [3.8, 4) is 0 Å². The van der Waals surface area contributed by atoms with Gasteiger partial charge in [0.15, 0.2) is 0 Å². The number of rotatable bonds is 7. The van der Waals surface area contributed by atoms with Crippen LogP contribution >= 0.6 is 0 Å². The Morgan fingerprint density at radius 1 is 1.03 bits per heavy atom. The van der Waals surface area contributed by atoms with Crippen LogP contribution in [0.4, 0.5) is 11.4 Å². The van der Waals surface area contributed by atoms with Gasteiger partial charge in [-0.25, -0.2) is 0 Å². The normalized spacial score (nSPS) is 14.8. The highest BCUT2D eigenvalue weighted by Crippen LogP contribution is 2.18. The summed E-state index contributed by atoms with van der Waals surface area (Å²) in [5.41, 5.74) is 1.41. The number of carbonyl (C=O) groups is 2. The molecule has 1 aliphatic rings. The first kappa shape index (κ1) is 21.4. The van der Waals surface area contributed by atoms with E-state index >= 15 is 0 Å². The number of nitro benzene ring substituents is 1. The third-order valence-corrected chi connectivity index (χ3v) is 5.34. The molecule has 0 aromatic heterocycles. The first-order chi connectivity index (χ1) is 14.5. The molecule has 0 radical (unpaired) electrons. The van der Waals surface area contributed by atoms with Crippen molar-refractivity contribution in [2.45, 2.75) is 19.3 Å². The first-order valence-electron chi connectivity index (χ1n) is 10.1. The molecule has 2 amide bonds. The predicted molar refractivity (Wildman–Crippen MR) is 114 cm³/mol. The van der Waals surface area contributed by atoms with Crippen molar-refractivity contribution in [2.75, 3.05) is 31.5 Å². The number of nitrogens with one attached hydrogen (secondary N) is 2. The minimum absolute atomic E-state index is 0.146. The lowest BCUT2D eigenvalue weighted by molar-refractivity contribution is -0.384. The van der Waals surface area contributed by atoms with Gasteiger partial charge in [0.1, 0.15) is 0 Å². The van der Waals surface area contributed by atoms with Crippen molar-refractivity contribution in [1.82, 2.24) is 10.2 Å². The summed E-state index contributed by atoms with van der Waals surface area (Å²) in [6.07, 6.45) is 2.98. The summed E-state index contributed by atoms with van der Waals surface area (Å²) in [7, 11) is 0. The number of non-ortho nitro benzene ring substituents is 1. The van der Waals surface area contributed by atoms with Crippen molar-refractivity contribution in [3.05, 3.63) is 70.3 Å². The van der Waals surface area contributed by atoms with Gasteiger partial charge >= 0.3 is 11.8 Å². The fourth-order valence-corrected chi connectivity index (χ4v) is 3.55. The standard InChI is InChI=1S/C22H26N4O4/c27-21(22(28)24-19-7-4-8-20(15-19)26(29)30)23-16-18-10-13-25(14-11-18)12-9-17-5-2-1-3-6-17/h1-8,15,18H,9-14,16H2,(H,23,27)(H,24,28). The van der Waals surface area contributed by atoms with Crippen LogP contribution in [-0.2, 0) is 16.0 Å². The second kappa shape index (κ2) is 10.5. The summed E-state index contributed by atoms with van der Waals surface area (Å²) >= 11 is 0. The molecule has 0 spiro atoms. The molecular formula is C22H26N4O4. The van der Waals surface area contributed by atoms with Gasteiger partial charge in [0, 0.05) is 30.9 Å². The monoisotopic (exact) mass is 410 g/mol. The SMILES string of the molecule is O=C(NCC1CCN(CCc2ccccc2)CC1)C(=O)Nc1cccc([N+](=O)[O-])c1. The molecule has 8 heteroatoms. The van der Waals surface area contributed by atoms with Crippen LogP contribution in [0, 0.1) is 16.0 Å². The van der Waals surface area contributed by atoms with Crippen LogP contribution in [0.15, 0.2) is 54.6 Å². The molecule has 158 valence electrons. The molecule has 1 saturated heterocycles. The van der Waals surface area contributed by atoms with E-state index < -0.39 is 16.7 Å². The number of hydrogen-bond acceptors (Lipinski definition) is 5. The molecule has 2 aromatic rings. The topological polar surface area (TPSA) is 105 Å². The predicted octanol–water partition coefficient (Wildman–Crippen LogP) is 2.60. The molecule has 0 atom stereocenters.